The molecule has 0 radical (unpaired) electrons. The van der Waals surface area contributed by atoms with E-state index in [4.69, 9.17) is 9.47 Å². The van der Waals surface area contributed by atoms with Crippen molar-refractivity contribution >= 4 is 11.8 Å². The minimum Gasteiger partial charge on any atom is -0.490 e. The summed E-state index contributed by atoms with van der Waals surface area (Å²) in [5.74, 6) is 1.11. The number of hydrogen-bond donors (Lipinski definition) is 0. The van der Waals surface area contributed by atoms with E-state index in [1.807, 2.05) is 18.7 Å². The summed E-state index contributed by atoms with van der Waals surface area (Å²) < 4.78 is 24.3. The zero-order chi connectivity index (χ0) is 22.7. The molecule has 0 bridgehead atoms. The molecule has 1 aliphatic heterocycles. The highest BCUT2D eigenvalue weighted by Gasteiger charge is 2.46. The van der Waals surface area contributed by atoms with E-state index in [2.05, 4.69) is 0 Å². The lowest BCUT2D eigenvalue weighted by Gasteiger charge is -2.35. The van der Waals surface area contributed by atoms with Gasteiger partial charge in [0.2, 0.25) is 5.91 Å². The van der Waals surface area contributed by atoms with Crippen LogP contribution in [0, 0.1) is 11.7 Å². The Morgan fingerprint density at radius 3 is 2.19 bits per heavy atom. The summed E-state index contributed by atoms with van der Waals surface area (Å²) in [6.45, 7) is 6.83. The fraction of sp³-hybridized carbons (Fsp3) is 0.440. The fourth-order valence-corrected chi connectivity index (χ4v) is 4.28. The van der Waals surface area contributed by atoms with Gasteiger partial charge in [0.1, 0.15) is 5.82 Å². The quantitative estimate of drug-likeness (QED) is 0.659. The molecule has 0 N–H and O–H groups in total. The summed E-state index contributed by atoms with van der Waals surface area (Å²) in [5.41, 5.74) is 1.56. The Bertz CT molecular complexity index is 970. The van der Waals surface area contributed by atoms with Crippen LogP contribution in [0.4, 0.5) is 4.39 Å². The smallest absolute Gasteiger partial charge is 0.254 e. The Morgan fingerprint density at radius 1 is 0.906 bits per heavy atom. The van der Waals surface area contributed by atoms with E-state index in [0.29, 0.717) is 56.5 Å². The molecule has 2 atom stereocenters. The number of rotatable bonds is 7. The maximum atomic E-state index is 13.1. The van der Waals surface area contributed by atoms with Crippen molar-refractivity contribution in [3.05, 3.63) is 59.4 Å². The van der Waals surface area contributed by atoms with Crippen molar-refractivity contribution in [2.24, 2.45) is 5.92 Å². The van der Waals surface area contributed by atoms with Gasteiger partial charge in [-0.2, -0.15) is 0 Å². The van der Waals surface area contributed by atoms with Gasteiger partial charge in [-0.3, -0.25) is 9.59 Å². The first-order valence-electron chi connectivity index (χ1n) is 11.2. The molecule has 1 saturated carbocycles. The van der Waals surface area contributed by atoms with Crippen LogP contribution in [0.2, 0.25) is 0 Å². The molecule has 2 aromatic rings. The van der Waals surface area contributed by atoms with Crippen molar-refractivity contribution < 1.29 is 23.5 Å². The molecule has 7 heteroatoms. The standard InChI is InChI=1S/C25H29FN2O4/c1-3-31-22-10-7-18(15-23(22)32-4-2)24(29)27-11-13-28(14-12-27)25(30)21-16-20(21)17-5-8-19(26)9-6-17/h5-10,15,20-21H,3-4,11-14,16H2,1-2H3. The predicted octanol–water partition coefficient (Wildman–Crippen LogP) is 3.71. The van der Waals surface area contributed by atoms with E-state index >= 15 is 0 Å². The van der Waals surface area contributed by atoms with E-state index < -0.39 is 0 Å². The molecular formula is C25H29FN2O4. The molecular weight excluding hydrogens is 411 g/mol. The molecule has 1 aliphatic carbocycles. The van der Waals surface area contributed by atoms with E-state index in [0.717, 1.165) is 12.0 Å². The van der Waals surface area contributed by atoms with Crippen molar-refractivity contribution in [2.45, 2.75) is 26.2 Å². The van der Waals surface area contributed by atoms with Crippen molar-refractivity contribution in [3.63, 3.8) is 0 Å². The van der Waals surface area contributed by atoms with Gasteiger partial charge in [0.25, 0.3) is 5.91 Å². The predicted molar refractivity (Wildman–Crippen MR) is 119 cm³/mol. The molecule has 1 heterocycles. The Labute approximate surface area is 187 Å². The number of carbonyl (C=O) groups excluding carboxylic acids is 2. The lowest BCUT2D eigenvalue weighted by molar-refractivity contribution is -0.134. The topological polar surface area (TPSA) is 59.1 Å². The lowest BCUT2D eigenvalue weighted by Crippen LogP contribution is -2.51. The van der Waals surface area contributed by atoms with Gasteiger partial charge in [0.15, 0.2) is 11.5 Å². The minimum absolute atomic E-state index is 0.0393. The summed E-state index contributed by atoms with van der Waals surface area (Å²) in [6.07, 6.45) is 0.802. The van der Waals surface area contributed by atoms with E-state index in [1.165, 1.54) is 12.1 Å². The number of carbonyl (C=O) groups is 2. The van der Waals surface area contributed by atoms with Crippen LogP contribution < -0.4 is 9.47 Å². The second-order valence-corrected chi connectivity index (χ2v) is 8.15. The number of amides is 2. The van der Waals surface area contributed by atoms with E-state index in [1.54, 1.807) is 35.2 Å². The van der Waals surface area contributed by atoms with Crippen LogP contribution in [0.3, 0.4) is 0 Å². The number of ether oxygens (including phenoxy) is 2. The Hall–Kier alpha value is -3.09. The Kier molecular flexibility index (Phi) is 6.63. The van der Waals surface area contributed by atoms with Gasteiger partial charge in [-0.05, 0) is 62.1 Å². The van der Waals surface area contributed by atoms with E-state index in [9.17, 15) is 14.0 Å². The van der Waals surface area contributed by atoms with Crippen LogP contribution in [0.15, 0.2) is 42.5 Å². The largest absolute Gasteiger partial charge is 0.490 e. The van der Waals surface area contributed by atoms with Gasteiger partial charge in [-0.25, -0.2) is 4.39 Å². The zero-order valence-corrected chi connectivity index (χ0v) is 18.6. The first-order chi connectivity index (χ1) is 15.5. The van der Waals surface area contributed by atoms with E-state index in [-0.39, 0.29) is 29.5 Å². The Balaban J connectivity index is 1.33. The molecule has 4 rings (SSSR count). The fourth-order valence-electron chi connectivity index (χ4n) is 4.28. The van der Waals surface area contributed by atoms with Crippen LogP contribution in [0.5, 0.6) is 11.5 Å². The maximum absolute atomic E-state index is 13.1. The highest BCUT2D eigenvalue weighted by molar-refractivity contribution is 5.95. The third-order valence-corrected chi connectivity index (χ3v) is 6.07. The molecule has 2 amide bonds. The third kappa shape index (κ3) is 4.71. The highest BCUT2D eigenvalue weighted by Crippen LogP contribution is 2.48. The first-order valence-corrected chi connectivity index (χ1v) is 11.2. The number of halogens is 1. The zero-order valence-electron chi connectivity index (χ0n) is 18.6. The second kappa shape index (κ2) is 9.59. The summed E-state index contributed by atoms with van der Waals surface area (Å²) in [7, 11) is 0. The van der Waals surface area contributed by atoms with Gasteiger partial charge in [0, 0.05) is 37.7 Å². The summed E-state index contributed by atoms with van der Waals surface area (Å²) in [4.78, 5) is 29.5. The molecule has 1 saturated heterocycles. The van der Waals surface area contributed by atoms with Crippen molar-refractivity contribution in [1.29, 1.82) is 0 Å². The molecule has 2 unspecified atom stereocenters. The average molecular weight is 441 g/mol. The van der Waals surface area contributed by atoms with Gasteiger partial charge in [0.05, 0.1) is 13.2 Å². The molecule has 170 valence electrons. The lowest BCUT2D eigenvalue weighted by atomic mass is 10.1. The van der Waals surface area contributed by atoms with Crippen LogP contribution >= 0.6 is 0 Å². The third-order valence-electron chi connectivity index (χ3n) is 6.07. The number of hydrogen-bond acceptors (Lipinski definition) is 4. The molecule has 0 aromatic heterocycles. The maximum Gasteiger partial charge on any atom is 0.254 e. The average Bonchev–Trinajstić information content (AvgIpc) is 3.61. The minimum atomic E-state index is -0.265. The van der Waals surface area contributed by atoms with Gasteiger partial charge in [-0.15, -0.1) is 0 Å². The van der Waals surface area contributed by atoms with Crippen molar-refractivity contribution in [1.82, 2.24) is 9.80 Å². The van der Waals surface area contributed by atoms with Crippen LogP contribution in [0.25, 0.3) is 0 Å². The first kappa shape index (κ1) is 22.1. The summed E-state index contributed by atoms with van der Waals surface area (Å²) in [5, 5.41) is 0. The monoisotopic (exact) mass is 440 g/mol. The number of benzene rings is 2. The molecule has 2 fully saturated rings. The van der Waals surface area contributed by atoms with Crippen LogP contribution in [-0.4, -0.2) is 61.0 Å². The normalized spacial score (nSPS) is 20.1. The van der Waals surface area contributed by atoms with Crippen LogP contribution in [-0.2, 0) is 4.79 Å². The van der Waals surface area contributed by atoms with Crippen molar-refractivity contribution in [2.75, 3.05) is 39.4 Å². The van der Waals surface area contributed by atoms with Crippen LogP contribution in [0.1, 0.15) is 42.1 Å². The van der Waals surface area contributed by atoms with Gasteiger partial charge in [-0.1, -0.05) is 12.1 Å². The summed E-state index contributed by atoms with van der Waals surface area (Å²) >= 11 is 0. The van der Waals surface area contributed by atoms with Gasteiger partial charge < -0.3 is 19.3 Å². The van der Waals surface area contributed by atoms with Crippen molar-refractivity contribution in [3.8, 4) is 11.5 Å². The molecule has 0 spiro atoms. The SMILES string of the molecule is CCOc1ccc(C(=O)N2CCN(C(=O)C3CC3c3ccc(F)cc3)CC2)cc1OCC. The molecule has 6 nitrogen and oxygen atoms in total. The highest BCUT2D eigenvalue weighted by atomic mass is 19.1. The molecule has 32 heavy (non-hydrogen) atoms. The number of nitrogens with zero attached hydrogens (tertiary/aromatic N) is 2. The second-order valence-electron chi connectivity index (χ2n) is 8.15. The Morgan fingerprint density at radius 2 is 1.53 bits per heavy atom. The molecule has 2 aliphatic rings. The number of piperazine rings is 1. The molecule has 2 aromatic carbocycles. The van der Waals surface area contributed by atoms with Gasteiger partial charge >= 0.3 is 0 Å². The summed E-state index contributed by atoms with van der Waals surface area (Å²) in [6, 6.07) is 11.7.